The Labute approximate surface area is 229 Å². The summed E-state index contributed by atoms with van der Waals surface area (Å²) in [4.78, 5) is 19.3. The van der Waals surface area contributed by atoms with Gasteiger partial charge in [-0.05, 0) is 56.4 Å². The number of hydrogen-bond acceptors (Lipinski definition) is 7. The van der Waals surface area contributed by atoms with Gasteiger partial charge in [-0.1, -0.05) is 18.2 Å². The fourth-order valence-corrected chi connectivity index (χ4v) is 4.08. The minimum atomic E-state index is -4.61. The minimum absolute atomic E-state index is 0.0717. The Bertz CT molecular complexity index is 1520. The van der Waals surface area contributed by atoms with Crippen LogP contribution in [-0.4, -0.2) is 58.6 Å². The molecule has 12 heteroatoms. The molecule has 0 spiro atoms. The highest BCUT2D eigenvalue weighted by Gasteiger charge is 2.33. The second kappa shape index (κ2) is 11.7. The molecule has 0 bridgehead atoms. The van der Waals surface area contributed by atoms with Crippen molar-refractivity contribution >= 4 is 11.6 Å². The quantitative estimate of drug-likeness (QED) is 0.297. The Kier molecular flexibility index (Phi) is 8.38. The van der Waals surface area contributed by atoms with E-state index in [9.17, 15) is 18.0 Å². The third kappa shape index (κ3) is 6.23. The van der Waals surface area contributed by atoms with Crippen LogP contribution >= 0.6 is 0 Å². The average Bonchev–Trinajstić information content (AvgIpc) is 3.42. The fourth-order valence-electron chi connectivity index (χ4n) is 4.08. The monoisotopic (exact) mass is 554 g/mol. The van der Waals surface area contributed by atoms with E-state index in [-0.39, 0.29) is 23.5 Å². The second-order valence-corrected chi connectivity index (χ2v) is 9.16. The molecule has 2 aromatic heterocycles. The van der Waals surface area contributed by atoms with Gasteiger partial charge in [0.15, 0.2) is 0 Å². The number of aryl methyl sites for hydroxylation is 1. The Morgan fingerprint density at radius 1 is 1.10 bits per heavy atom. The van der Waals surface area contributed by atoms with Crippen LogP contribution in [0.15, 0.2) is 55.0 Å². The van der Waals surface area contributed by atoms with Gasteiger partial charge in [-0.2, -0.15) is 13.2 Å². The van der Waals surface area contributed by atoms with Crippen LogP contribution < -0.4 is 14.8 Å². The van der Waals surface area contributed by atoms with Crippen molar-refractivity contribution in [1.29, 1.82) is 0 Å². The molecule has 1 N–H and O–H groups in total. The summed E-state index contributed by atoms with van der Waals surface area (Å²) >= 11 is 0. The van der Waals surface area contributed by atoms with E-state index < -0.39 is 17.6 Å². The van der Waals surface area contributed by atoms with Crippen LogP contribution in [0.3, 0.4) is 0 Å². The number of carbonyl (C=O) groups excluding carboxylic acids is 1. The van der Waals surface area contributed by atoms with Crippen LogP contribution in [0.4, 0.5) is 18.9 Å². The predicted octanol–water partition coefficient (Wildman–Crippen LogP) is 5.38. The number of aromatic nitrogens is 4. The molecule has 210 valence electrons. The van der Waals surface area contributed by atoms with Crippen molar-refractivity contribution in [3.8, 4) is 28.4 Å². The maximum atomic E-state index is 13.7. The first kappa shape index (κ1) is 28.6. The fraction of sp³-hybridized carbons (Fsp3) is 0.286. The van der Waals surface area contributed by atoms with Crippen molar-refractivity contribution in [1.82, 2.24) is 24.9 Å². The summed E-state index contributed by atoms with van der Waals surface area (Å²) < 4.78 is 53.4. The van der Waals surface area contributed by atoms with E-state index in [2.05, 4.69) is 20.6 Å². The van der Waals surface area contributed by atoms with E-state index in [1.165, 1.54) is 18.9 Å². The van der Waals surface area contributed by atoms with Gasteiger partial charge in [0.1, 0.15) is 17.2 Å². The van der Waals surface area contributed by atoms with E-state index >= 15 is 0 Å². The smallest absolute Gasteiger partial charge is 0.416 e. The number of amides is 1. The number of rotatable bonds is 9. The summed E-state index contributed by atoms with van der Waals surface area (Å²) in [6, 6.07) is 8.61. The molecule has 2 aromatic carbocycles. The summed E-state index contributed by atoms with van der Waals surface area (Å²) in [6.45, 7) is 4.56. The summed E-state index contributed by atoms with van der Waals surface area (Å²) in [6.07, 6.45) is 0.283. The van der Waals surface area contributed by atoms with Crippen molar-refractivity contribution in [3.05, 3.63) is 77.2 Å². The predicted molar refractivity (Wildman–Crippen MR) is 144 cm³/mol. The van der Waals surface area contributed by atoms with E-state index in [0.717, 1.165) is 17.7 Å². The highest BCUT2D eigenvalue weighted by Crippen LogP contribution is 2.38. The van der Waals surface area contributed by atoms with Gasteiger partial charge >= 0.3 is 6.18 Å². The Morgan fingerprint density at radius 2 is 1.88 bits per heavy atom. The number of methoxy groups -OCH3 is 2. The van der Waals surface area contributed by atoms with Gasteiger partial charge in [-0.25, -0.2) is 4.68 Å². The standard InChI is InChI=1S/C28H29F3N6O3/c1-6-36(3)15-20-9-21(28(29,30)31)12-23(26(20)40-5)33-27(38)18-8-7-17(2)25(11-18)37-16-24(34-35-37)19-10-22(39-4)14-32-13-19/h7-14,16H,6,15H2,1-5H3,(H,33,38). The molecule has 4 rings (SSSR count). The number of hydrogen-bond donors (Lipinski definition) is 1. The van der Waals surface area contributed by atoms with E-state index in [1.807, 2.05) is 18.7 Å². The number of pyridine rings is 1. The van der Waals surface area contributed by atoms with Crippen LogP contribution in [-0.2, 0) is 12.7 Å². The van der Waals surface area contributed by atoms with Crippen LogP contribution in [0.25, 0.3) is 16.9 Å². The lowest BCUT2D eigenvalue weighted by Gasteiger charge is -2.21. The first-order valence-electron chi connectivity index (χ1n) is 12.3. The Morgan fingerprint density at radius 3 is 2.55 bits per heavy atom. The molecule has 0 saturated heterocycles. The van der Waals surface area contributed by atoms with E-state index in [1.54, 1.807) is 49.9 Å². The minimum Gasteiger partial charge on any atom is -0.495 e. The summed E-state index contributed by atoms with van der Waals surface area (Å²) in [5.74, 6) is 0.129. The zero-order chi connectivity index (χ0) is 29.0. The number of anilines is 1. The van der Waals surface area contributed by atoms with Crippen molar-refractivity contribution in [2.24, 2.45) is 0 Å². The second-order valence-electron chi connectivity index (χ2n) is 9.16. The topological polar surface area (TPSA) is 94.4 Å². The van der Waals surface area contributed by atoms with Crippen LogP contribution in [0, 0.1) is 6.92 Å². The van der Waals surface area contributed by atoms with Crippen molar-refractivity contribution in [2.75, 3.05) is 33.1 Å². The molecule has 0 fully saturated rings. The molecule has 4 aromatic rings. The van der Waals surface area contributed by atoms with E-state index in [0.29, 0.717) is 34.8 Å². The number of benzene rings is 2. The molecule has 1 amide bonds. The molecule has 9 nitrogen and oxygen atoms in total. The molecule has 40 heavy (non-hydrogen) atoms. The van der Waals surface area contributed by atoms with Crippen molar-refractivity contribution in [3.63, 3.8) is 0 Å². The molecule has 0 aliphatic carbocycles. The molecule has 0 saturated carbocycles. The molecule has 0 aliphatic heterocycles. The molecule has 0 radical (unpaired) electrons. The average molecular weight is 555 g/mol. The van der Waals surface area contributed by atoms with Gasteiger partial charge in [0.25, 0.3) is 5.91 Å². The van der Waals surface area contributed by atoms with Crippen molar-refractivity contribution < 1.29 is 27.4 Å². The molecule has 0 aliphatic rings. The third-order valence-corrected chi connectivity index (χ3v) is 6.38. The van der Waals surface area contributed by atoms with Crippen molar-refractivity contribution in [2.45, 2.75) is 26.6 Å². The highest BCUT2D eigenvalue weighted by molar-refractivity contribution is 6.05. The number of halogens is 3. The maximum absolute atomic E-state index is 13.7. The van der Waals surface area contributed by atoms with Crippen LogP contribution in [0.1, 0.15) is 34.0 Å². The Hall–Kier alpha value is -4.45. The van der Waals surface area contributed by atoms with Gasteiger partial charge in [-0.15, -0.1) is 5.10 Å². The van der Waals surface area contributed by atoms with E-state index in [4.69, 9.17) is 9.47 Å². The number of nitrogens with zero attached hydrogens (tertiary/aromatic N) is 5. The first-order chi connectivity index (χ1) is 19.0. The molecule has 2 heterocycles. The number of nitrogens with one attached hydrogen (secondary N) is 1. The molecule has 0 atom stereocenters. The number of ether oxygens (including phenoxy) is 2. The van der Waals surface area contributed by atoms with Gasteiger partial charge in [0, 0.05) is 29.4 Å². The number of carbonyl (C=O) groups is 1. The summed E-state index contributed by atoms with van der Waals surface area (Å²) in [7, 11) is 4.68. The van der Waals surface area contributed by atoms with Gasteiger partial charge < -0.3 is 19.7 Å². The number of alkyl halides is 3. The zero-order valence-electron chi connectivity index (χ0n) is 22.7. The van der Waals surface area contributed by atoms with Gasteiger partial charge in [0.2, 0.25) is 0 Å². The summed E-state index contributed by atoms with van der Waals surface area (Å²) in [5, 5.41) is 11.0. The lowest BCUT2D eigenvalue weighted by Crippen LogP contribution is -2.20. The molecular weight excluding hydrogens is 525 g/mol. The van der Waals surface area contributed by atoms with Gasteiger partial charge in [0.05, 0.1) is 43.6 Å². The molecule has 0 unspecified atom stereocenters. The lowest BCUT2D eigenvalue weighted by atomic mass is 10.1. The first-order valence-corrected chi connectivity index (χ1v) is 12.3. The Balaban J connectivity index is 1.67. The maximum Gasteiger partial charge on any atom is 0.416 e. The summed E-state index contributed by atoms with van der Waals surface area (Å²) in [5.41, 5.74) is 2.18. The third-order valence-electron chi connectivity index (χ3n) is 6.38. The normalized spacial score (nSPS) is 11.5. The van der Waals surface area contributed by atoms with Gasteiger partial charge in [-0.3, -0.25) is 9.78 Å². The van der Waals surface area contributed by atoms with Crippen LogP contribution in [0.5, 0.6) is 11.5 Å². The highest BCUT2D eigenvalue weighted by atomic mass is 19.4. The molecular formula is C28H29F3N6O3. The zero-order valence-corrected chi connectivity index (χ0v) is 22.7. The largest absolute Gasteiger partial charge is 0.495 e. The van der Waals surface area contributed by atoms with Crippen LogP contribution in [0.2, 0.25) is 0 Å². The SMILES string of the molecule is CCN(C)Cc1cc(C(F)(F)F)cc(NC(=O)c2ccc(C)c(-n3cc(-c4cncc(OC)c4)nn3)c2)c1OC. The lowest BCUT2D eigenvalue weighted by molar-refractivity contribution is -0.137.